The van der Waals surface area contributed by atoms with Crippen LogP contribution in [-0.2, 0) is 22.6 Å². The topological polar surface area (TPSA) is 58.6 Å². The highest BCUT2D eigenvalue weighted by Crippen LogP contribution is 2.23. The number of likely N-dealkylation sites (N-methyl/N-ethyl adjacent to an activating group) is 1. The molecule has 0 spiro atoms. The highest BCUT2D eigenvalue weighted by molar-refractivity contribution is 6.32. The van der Waals surface area contributed by atoms with Crippen molar-refractivity contribution in [2.45, 2.75) is 25.9 Å². The van der Waals surface area contributed by atoms with Crippen molar-refractivity contribution in [2.75, 3.05) is 13.2 Å². The summed E-state index contributed by atoms with van der Waals surface area (Å²) in [6, 6.07) is 23.1. The second kappa shape index (κ2) is 12.3. The van der Waals surface area contributed by atoms with Crippen LogP contribution < -0.4 is 10.1 Å². The average molecular weight is 485 g/mol. The van der Waals surface area contributed by atoms with Gasteiger partial charge in [-0.2, -0.15) is 0 Å². The standard InChI is InChI=1S/C26H26Cl2N2O3/c1-2-29-26(32)23(16-19-8-4-3-5-9-19)30(17-20-12-14-21(27)15-13-20)25(31)18-33-24-11-7-6-10-22(24)28/h3-15,23H,2,16-18H2,1H3,(H,29,32). The summed E-state index contributed by atoms with van der Waals surface area (Å²) in [6.07, 6.45) is 0.373. The Morgan fingerprint density at radius 1 is 0.909 bits per heavy atom. The van der Waals surface area contributed by atoms with E-state index in [2.05, 4.69) is 5.32 Å². The number of hydrogen-bond acceptors (Lipinski definition) is 3. The van der Waals surface area contributed by atoms with Gasteiger partial charge >= 0.3 is 0 Å². The molecule has 3 aromatic rings. The van der Waals surface area contributed by atoms with E-state index in [0.29, 0.717) is 28.8 Å². The van der Waals surface area contributed by atoms with Gasteiger partial charge in [0.05, 0.1) is 5.02 Å². The van der Waals surface area contributed by atoms with Crippen LogP contribution in [0.15, 0.2) is 78.9 Å². The first-order valence-electron chi connectivity index (χ1n) is 10.7. The number of rotatable bonds is 10. The van der Waals surface area contributed by atoms with E-state index >= 15 is 0 Å². The van der Waals surface area contributed by atoms with E-state index in [-0.39, 0.29) is 25.0 Å². The zero-order valence-electron chi connectivity index (χ0n) is 18.3. The number of hydrogen-bond donors (Lipinski definition) is 1. The van der Waals surface area contributed by atoms with Crippen LogP contribution in [0.2, 0.25) is 10.0 Å². The third-order valence-electron chi connectivity index (χ3n) is 5.08. The summed E-state index contributed by atoms with van der Waals surface area (Å²) in [7, 11) is 0. The third kappa shape index (κ3) is 7.24. The fourth-order valence-corrected chi connectivity index (χ4v) is 3.73. The van der Waals surface area contributed by atoms with Crippen LogP contribution in [0, 0.1) is 0 Å². The zero-order chi connectivity index (χ0) is 23.6. The Morgan fingerprint density at radius 3 is 2.24 bits per heavy atom. The first-order valence-corrected chi connectivity index (χ1v) is 11.5. The molecule has 0 aliphatic rings. The molecule has 33 heavy (non-hydrogen) atoms. The van der Waals surface area contributed by atoms with E-state index in [9.17, 15) is 9.59 Å². The largest absolute Gasteiger partial charge is 0.482 e. The zero-order valence-corrected chi connectivity index (χ0v) is 19.9. The van der Waals surface area contributed by atoms with Crippen molar-refractivity contribution in [3.63, 3.8) is 0 Å². The number of ether oxygens (including phenoxy) is 1. The first-order chi connectivity index (χ1) is 16.0. The van der Waals surface area contributed by atoms with Crippen molar-refractivity contribution in [2.24, 2.45) is 0 Å². The van der Waals surface area contributed by atoms with Gasteiger partial charge in [0.15, 0.2) is 6.61 Å². The van der Waals surface area contributed by atoms with Crippen molar-refractivity contribution >= 4 is 35.0 Å². The van der Waals surface area contributed by atoms with E-state index in [1.807, 2.05) is 49.4 Å². The molecule has 0 aromatic heterocycles. The molecule has 1 N–H and O–H groups in total. The van der Waals surface area contributed by atoms with Gasteiger partial charge < -0.3 is 15.0 Å². The number of carbonyl (C=O) groups excluding carboxylic acids is 2. The summed E-state index contributed by atoms with van der Waals surface area (Å²) in [6.45, 7) is 2.30. The normalized spacial score (nSPS) is 11.5. The number of halogens is 2. The van der Waals surface area contributed by atoms with Crippen LogP contribution in [-0.4, -0.2) is 35.9 Å². The molecule has 0 fully saturated rings. The second-order valence-electron chi connectivity index (χ2n) is 7.47. The summed E-state index contributed by atoms with van der Waals surface area (Å²) in [5, 5.41) is 3.88. The van der Waals surface area contributed by atoms with Gasteiger partial charge in [-0.3, -0.25) is 9.59 Å². The Balaban J connectivity index is 1.89. The fourth-order valence-electron chi connectivity index (χ4n) is 3.42. The SMILES string of the molecule is CCNC(=O)C(Cc1ccccc1)N(Cc1ccc(Cl)cc1)C(=O)COc1ccccc1Cl. The maximum Gasteiger partial charge on any atom is 0.261 e. The van der Waals surface area contributed by atoms with Crippen LogP contribution in [0.25, 0.3) is 0 Å². The highest BCUT2D eigenvalue weighted by atomic mass is 35.5. The number of nitrogens with one attached hydrogen (secondary N) is 1. The van der Waals surface area contributed by atoms with Crippen LogP contribution in [0.5, 0.6) is 5.75 Å². The lowest BCUT2D eigenvalue weighted by molar-refractivity contribution is -0.142. The van der Waals surface area contributed by atoms with Crippen LogP contribution in [0.3, 0.4) is 0 Å². The van der Waals surface area contributed by atoms with Gasteiger partial charge in [0.1, 0.15) is 11.8 Å². The smallest absolute Gasteiger partial charge is 0.261 e. The number of amides is 2. The minimum Gasteiger partial charge on any atom is -0.482 e. The molecule has 0 heterocycles. The number of benzene rings is 3. The van der Waals surface area contributed by atoms with Crippen molar-refractivity contribution in [1.82, 2.24) is 10.2 Å². The van der Waals surface area contributed by atoms with Gasteiger partial charge in [-0.05, 0) is 42.3 Å². The van der Waals surface area contributed by atoms with Crippen molar-refractivity contribution in [3.05, 3.63) is 100 Å². The minimum absolute atomic E-state index is 0.221. The van der Waals surface area contributed by atoms with Crippen molar-refractivity contribution < 1.29 is 14.3 Å². The lowest BCUT2D eigenvalue weighted by Gasteiger charge is -2.31. The molecule has 5 nitrogen and oxygen atoms in total. The maximum atomic E-state index is 13.4. The minimum atomic E-state index is -0.717. The highest BCUT2D eigenvalue weighted by Gasteiger charge is 2.30. The summed E-state index contributed by atoms with van der Waals surface area (Å²) in [4.78, 5) is 28.0. The maximum absolute atomic E-state index is 13.4. The van der Waals surface area contributed by atoms with Crippen molar-refractivity contribution in [1.29, 1.82) is 0 Å². The summed E-state index contributed by atoms with van der Waals surface area (Å²) in [5.74, 6) is -0.130. The van der Waals surface area contributed by atoms with Crippen LogP contribution in [0.1, 0.15) is 18.1 Å². The van der Waals surface area contributed by atoms with Gasteiger partial charge in [0.2, 0.25) is 5.91 Å². The van der Waals surface area contributed by atoms with Gasteiger partial charge in [0, 0.05) is 24.5 Å². The molecule has 0 saturated carbocycles. The Labute approximate surface area is 204 Å². The Morgan fingerprint density at radius 2 is 1.58 bits per heavy atom. The van der Waals surface area contributed by atoms with E-state index in [1.165, 1.54) is 0 Å². The molecule has 0 aliphatic carbocycles. The predicted octanol–water partition coefficient (Wildman–Crippen LogP) is 5.15. The molecule has 0 saturated heterocycles. The fraction of sp³-hybridized carbons (Fsp3) is 0.231. The summed E-state index contributed by atoms with van der Waals surface area (Å²) >= 11 is 12.2. The molecule has 172 valence electrons. The number of para-hydroxylation sites is 1. The first kappa shape index (κ1) is 24.6. The lowest BCUT2D eigenvalue weighted by Crippen LogP contribution is -2.51. The average Bonchev–Trinajstić information content (AvgIpc) is 2.82. The molecule has 3 aromatic carbocycles. The molecule has 0 radical (unpaired) electrons. The van der Waals surface area contributed by atoms with E-state index in [1.54, 1.807) is 41.3 Å². The molecule has 7 heteroatoms. The number of nitrogens with zero attached hydrogens (tertiary/aromatic N) is 1. The van der Waals surface area contributed by atoms with Gasteiger partial charge in [0.25, 0.3) is 5.91 Å². The van der Waals surface area contributed by atoms with E-state index in [4.69, 9.17) is 27.9 Å². The van der Waals surface area contributed by atoms with Crippen molar-refractivity contribution in [3.8, 4) is 5.75 Å². The lowest BCUT2D eigenvalue weighted by atomic mass is 10.0. The second-order valence-corrected chi connectivity index (χ2v) is 8.31. The Bertz CT molecular complexity index is 1060. The summed E-state index contributed by atoms with van der Waals surface area (Å²) in [5.41, 5.74) is 1.81. The Kier molecular flexibility index (Phi) is 9.16. The summed E-state index contributed by atoms with van der Waals surface area (Å²) < 4.78 is 5.70. The third-order valence-corrected chi connectivity index (χ3v) is 5.64. The molecule has 1 unspecified atom stereocenters. The molecule has 2 amide bonds. The molecule has 0 aliphatic heterocycles. The van der Waals surface area contributed by atoms with Crippen LogP contribution >= 0.6 is 23.2 Å². The molecule has 3 rings (SSSR count). The molecular weight excluding hydrogens is 459 g/mol. The van der Waals surface area contributed by atoms with E-state index in [0.717, 1.165) is 11.1 Å². The predicted molar refractivity (Wildman–Crippen MR) is 132 cm³/mol. The monoisotopic (exact) mass is 484 g/mol. The Hall–Kier alpha value is -3.02. The quantitative estimate of drug-likeness (QED) is 0.432. The molecule has 1 atom stereocenters. The molecular formula is C26H26Cl2N2O3. The van der Waals surface area contributed by atoms with Gasteiger partial charge in [-0.1, -0.05) is 77.8 Å². The molecule has 0 bridgehead atoms. The number of carbonyl (C=O) groups is 2. The van der Waals surface area contributed by atoms with Gasteiger partial charge in [-0.15, -0.1) is 0 Å². The van der Waals surface area contributed by atoms with E-state index < -0.39 is 6.04 Å². The van der Waals surface area contributed by atoms with Crippen LogP contribution in [0.4, 0.5) is 0 Å². The van der Waals surface area contributed by atoms with Gasteiger partial charge in [-0.25, -0.2) is 0 Å².